The van der Waals surface area contributed by atoms with E-state index in [1.54, 1.807) is 47.6 Å². The summed E-state index contributed by atoms with van der Waals surface area (Å²) < 4.78 is 15.4. The molecule has 3 aromatic rings. The van der Waals surface area contributed by atoms with E-state index in [0.717, 1.165) is 5.56 Å². The summed E-state index contributed by atoms with van der Waals surface area (Å²) in [6.07, 6.45) is 6.45. The van der Waals surface area contributed by atoms with Crippen molar-refractivity contribution in [2.45, 2.75) is 6.92 Å². The predicted molar refractivity (Wildman–Crippen MR) is 80.4 cm³/mol. The van der Waals surface area contributed by atoms with Crippen molar-refractivity contribution < 1.29 is 9.18 Å². The Labute approximate surface area is 126 Å². The zero-order valence-electron chi connectivity index (χ0n) is 11.8. The van der Waals surface area contributed by atoms with Crippen LogP contribution in [0.5, 0.6) is 0 Å². The Balaban J connectivity index is 1.79. The van der Waals surface area contributed by atoms with Crippen LogP contribution in [0.1, 0.15) is 15.9 Å². The number of halogens is 1. The van der Waals surface area contributed by atoms with Gasteiger partial charge in [0.1, 0.15) is 18.0 Å². The monoisotopic (exact) mass is 296 g/mol. The summed E-state index contributed by atoms with van der Waals surface area (Å²) in [7, 11) is 0. The van der Waals surface area contributed by atoms with Crippen molar-refractivity contribution in [2.75, 3.05) is 5.32 Å². The molecule has 1 amide bonds. The highest BCUT2D eigenvalue weighted by Gasteiger charge is 2.10. The van der Waals surface area contributed by atoms with E-state index in [1.807, 2.05) is 6.92 Å². The maximum Gasteiger partial charge on any atom is 0.257 e. The molecule has 0 aliphatic rings. The maximum absolute atomic E-state index is 13.7. The topological polar surface area (TPSA) is 59.8 Å². The number of hydrogen-bond donors (Lipinski definition) is 1. The van der Waals surface area contributed by atoms with Gasteiger partial charge < -0.3 is 5.32 Å². The molecule has 1 aromatic carbocycles. The van der Waals surface area contributed by atoms with Gasteiger partial charge in [0, 0.05) is 18.6 Å². The maximum atomic E-state index is 13.7. The molecule has 0 fully saturated rings. The van der Waals surface area contributed by atoms with E-state index in [4.69, 9.17) is 0 Å². The van der Waals surface area contributed by atoms with Crippen LogP contribution in [-0.4, -0.2) is 20.4 Å². The SMILES string of the molecule is Cc1ccc(F)c(NC(=O)c2ccc(-n3ccnc3)nc2)c1. The number of nitrogens with zero attached hydrogens (tertiary/aromatic N) is 3. The van der Waals surface area contributed by atoms with Gasteiger partial charge in [-0.3, -0.25) is 9.36 Å². The summed E-state index contributed by atoms with van der Waals surface area (Å²) in [6.45, 7) is 1.83. The number of anilines is 1. The molecule has 0 saturated carbocycles. The lowest BCUT2D eigenvalue weighted by molar-refractivity contribution is 0.102. The van der Waals surface area contributed by atoms with Crippen molar-refractivity contribution in [3.63, 3.8) is 0 Å². The second kappa shape index (κ2) is 5.77. The van der Waals surface area contributed by atoms with E-state index in [1.165, 1.54) is 12.3 Å². The van der Waals surface area contributed by atoms with Crippen LogP contribution in [-0.2, 0) is 0 Å². The number of aryl methyl sites for hydroxylation is 1. The van der Waals surface area contributed by atoms with Crippen molar-refractivity contribution in [1.82, 2.24) is 14.5 Å². The molecule has 0 aliphatic heterocycles. The fourth-order valence-corrected chi connectivity index (χ4v) is 2.00. The van der Waals surface area contributed by atoms with Gasteiger partial charge in [-0.1, -0.05) is 6.07 Å². The highest BCUT2D eigenvalue weighted by molar-refractivity contribution is 6.04. The Morgan fingerprint density at radius 3 is 2.82 bits per heavy atom. The third-order valence-corrected chi connectivity index (χ3v) is 3.15. The Morgan fingerprint density at radius 1 is 1.27 bits per heavy atom. The largest absolute Gasteiger partial charge is 0.319 e. The second-order valence-electron chi connectivity index (χ2n) is 4.81. The Bertz CT molecular complexity index is 798. The normalized spacial score (nSPS) is 10.5. The summed E-state index contributed by atoms with van der Waals surface area (Å²) in [5, 5.41) is 2.55. The molecule has 0 bridgehead atoms. The average Bonchev–Trinajstić information content (AvgIpc) is 3.05. The van der Waals surface area contributed by atoms with E-state index >= 15 is 0 Å². The average molecular weight is 296 g/mol. The van der Waals surface area contributed by atoms with Gasteiger partial charge in [-0.25, -0.2) is 14.4 Å². The standard InChI is InChI=1S/C16H13FN4O/c1-11-2-4-13(17)14(8-11)20-16(22)12-3-5-15(19-9-12)21-7-6-18-10-21/h2-10H,1H3,(H,20,22). The van der Waals surface area contributed by atoms with E-state index in [-0.39, 0.29) is 5.69 Å². The van der Waals surface area contributed by atoms with Gasteiger partial charge in [0.15, 0.2) is 0 Å². The van der Waals surface area contributed by atoms with Crippen LogP contribution in [0.2, 0.25) is 0 Å². The Hall–Kier alpha value is -3.02. The minimum atomic E-state index is -0.470. The van der Waals surface area contributed by atoms with Crippen LogP contribution < -0.4 is 5.32 Å². The first-order valence-electron chi connectivity index (χ1n) is 6.65. The number of carbonyl (C=O) groups excluding carboxylic acids is 1. The fourth-order valence-electron chi connectivity index (χ4n) is 2.00. The van der Waals surface area contributed by atoms with Crippen LogP contribution in [0.25, 0.3) is 5.82 Å². The molecular weight excluding hydrogens is 283 g/mol. The molecule has 3 rings (SSSR count). The van der Waals surface area contributed by atoms with Gasteiger partial charge in [0.2, 0.25) is 0 Å². The van der Waals surface area contributed by atoms with Crippen molar-refractivity contribution >= 4 is 11.6 Å². The van der Waals surface area contributed by atoms with E-state index in [9.17, 15) is 9.18 Å². The number of carbonyl (C=O) groups is 1. The first kappa shape index (κ1) is 13.9. The van der Waals surface area contributed by atoms with E-state index in [2.05, 4.69) is 15.3 Å². The molecule has 22 heavy (non-hydrogen) atoms. The van der Waals surface area contributed by atoms with Gasteiger partial charge in [0.25, 0.3) is 5.91 Å². The van der Waals surface area contributed by atoms with Crippen LogP contribution in [0.15, 0.2) is 55.2 Å². The molecule has 5 nitrogen and oxygen atoms in total. The van der Waals surface area contributed by atoms with E-state index < -0.39 is 11.7 Å². The number of amides is 1. The lowest BCUT2D eigenvalue weighted by Gasteiger charge is -2.08. The van der Waals surface area contributed by atoms with Gasteiger partial charge in [-0.2, -0.15) is 0 Å². The summed E-state index contributed by atoms with van der Waals surface area (Å²) in [5.41, 5.74) is 1.37. The highest BCUT2D eigenvalue weighted by Crippen LogP contribution is 2.17. The molecule has 6 heteroatoms. The zero-order valence-corrected chi connectivity index (χ0v) is 11.8. The van der Waals surface area contributed by atoms with E-state index in [0.29, 0.717) is 11.4 Å². The number of aromatic nitrogens is 3. The van der Waals surface area contributed by atoms with Crippen LogP contribution >= 0.6 is 0 Å². The number of nitrogens with one attached hydrogen (secondary N) is 1. The third kappa shape index (κ3) is 2.85. The van der Waals surface area contributed by atoms with Gasteiger partial charge in [0.05, 0.1) is 11.3 Å². The number of imidazole rings is 1. The predicted octanol–water partition coefficient (Wildman–Crippen LogP) is 2.97. The first-order chi connectivity index (χ1) is 10.6. The lowest BCUT2D eigenvalue weighted by atomic mass is 10.2. The second-order valence-corrected chi connectivity index (χ2v) is 4.81. The molecule has 0 radical (unpaired) electrons. The molecular formula is C16H13FN4O. The quantitative estimate of drug-likeness (QED) is 0.808. The zero-order chi connectivity index (χ0) is 15.5. The Kier molecular flexibility index (Phi) is 3.65. The fraction of sp³-hybridized carbons (Fsp3) is 0.0625. The molecule has 0 aliphatic carbocycles. The van der Waals surface area contributed by atoms with Crippen LogP contribution in [0.3, 0.4) is 0 Å². The number of benzene rings is 1. The molecule has 0 saturated heterocycles. The molecule has 0 atom stereocenters. The number of hydrogen-bond acceptors (Lipinski definition) is 3. The first-order valence-corrected chi connectivity index (χ1v) is 6.65. The summed E-state index contributed by atoms with van der Waals surface area (Å²) in [4.78, 5) is 20.3. The summed E-state index contributed by atoms with van der Waals surface area (Å²) in [5.74, 6) is -0.230. The third-order valence-electron chi connectivity index (χ3n) is 3.15. The van der Waals surface area contributed by atoms with Crippen LogP contribution in [0, 0.1) is 12.7 Å². The molecule has 110 valence electrons. The number of rotatable bonds is 3. The minimum absolute atomic E-state index is 0.156. The Morgan fingerprint density at radius 2 is 2.14 bits per heavy atom. The van der Waals surface area contributed by atoms with Crippen molar-refractivity contribution in [1.29, 1.82) is 0 Å². The highest BCUT2D eigenvalue weighted by atomic mass is 19.1. The summed E-state index contributed by atoms with van der Waals surface area (Å²) >= 11 is 0. The number of pyridine rings is 1. The molecule has 1 N–H and O–H groups in total. The van der Waals surface area contributed by atoms with Gasteiger partial charge >= 0.3 is 0 Å². The molecule has 2 aromatic heterocycles. The molecule has 0 spiro atoms. The van der Waals surface area contributed by atoms with Crippen molar-refractivity contribution in [3.8, 4) is 5.82 Å². The lowest BCUT2D eigenvalue weighted by Crippen LogP contribution is -2.13. The van der Waals surface area contributed by atoms with Crippen LogP contribution in [0.4, 0.5) is 10.1 Å². The summed E-state index contributed by atoms with van der Waals surface area (Å²) in [6, 6.07) is 7.88. The minimum Gasteiger partial charge on any atom is -0.319 e. The van der Waals surface area contributed by atoms with Crippen molar-refractivity contribution in [3.05, 3.63) is 72.2 Å². The molecule has 0 unspecified atom stereocenters. The van der Waals surface area contributed by atoms with Gasteiger partial charge in [-0.15, -0.1) is 0 Å². The molecule has 2 heterocycles. The van der Waals surface area contributed by atoms with Gasteiger partial charge in [-0.05, 0) is 36.8 Å². The van der Waals surface area contributed by atoms with Crippen molar-refractivity contribution in [2.24, 2.45) is 0 Å². The smallest absolute Gasteiger partial charge is 0.257 e.